The molecule has 1 unspecified atom stereocenters. The predicted molar refractivity (Wildman–Crippen MR) is 512 cm³/mol. The lowest BCUT2D eigenvalue weighted by atomic mass is 9.90. The number of aliphatic hydroxyl groups excluding tert-OH is 3. The zero-order chi connectivity index (χ0) is 100. The Morgan fingerprint density at radius 2 is 1.12 bits per heavy atom. The van der Waals surface area contributed by atoms with Gasteiger partial charge in [-0.3, -0.25) is 86.4 Å². The molecule has 18 N–H and O–H groups in total. The number of amides is 16. The monoisotopic (exact) mass is 1930 g/mol. The number of aromatic hydroxyl groups is 1. The van der Waals surface area contributed by atoms with Gasteiger partial charge in [-0.2, -0.15) is 0 Å². The largest absolute Gasteiger partial charge is 0.508 e. The maximum atomic E-state index is 15.7. The van der Waals surface area contributed by atoms with E-state index in [1.807, 2.05) is 50.2 Å². The molecule has 8 rings (SSSR count). The fourth-order valence-electron chi connectivity index (χ4n) is 17.5. The molecule has 3 saturated heterocycles. The number of hydrogen-bond donors (Lipinski definition) is 17. The summed E-state index contributed by atoms with van der Waals surface area (Å²) >= 11 is 0.815. The third kappa shape index (κ3) is 32.3. The second-order valence-corrected chi connectivity index (χ2v) is 37.6. The summed E-state index contributed by atoms with van der Waals surface area (Å²) < 4.78 is 0. The third-order valence-corrected chi connectivity index (χ3v) is 26.2. The Hall–Kier alpha value is -12.1. The summed E-state index contributed by atoms with van der Waals surface area (Å²) in [5.41, 5.74) is 8.75. The Labute approximate surface area is 803 Å². The van der Waals surface area contributed by atoms with E-state index < -0.39 is 222 Å². The molecule has 752 valence electrons. The van der Waals surface area contributed by atoms with E-state index in [4.69, 9.17) is 5.73 Å². The molecule has 3 aliphatic heterocycles. The van der Waals surface area contributed by atoms with Crippen LogP contribution in [0.3, 0.4) is 0 Å². The lowest BCUT2D eigenvalue weighted by Crippen LogP contribution is -2.60. The number of nitrogens with zero attached hydrogens (tertiary/aromatic N) is 6. The molecule has 40 nitrogen and oxygen atoms in total. The number of aromatic amines is 2. The highest BCUT2D eigenvalue weighted by atomic mass is 32.2. The Bertz CT molecular complexity index is 4990. The number of phenols is 1. The van der Waals surface area contributed by atoms with Crippen molar-refractivity contribution in [3.8, 4) is 5.75 Å². The van der Waals surface area contributed by atoms with Crippen LogP contribution in [0.1, 0.15) is 168 Å². The number of benzene rings is 3. The van der Waals surface area contributed by atoms with Crippen LogP contribution in [0.15, 0.2) is 85.2 Å². The summed E-state index contributed by atoms with van der Waals surface area (Å²) in [5, 5.41) is 69.2. The molecule has 0 saturated carbocycles. The number of aromatic nitrogens is 2. The van der Waals surface area contributed by atoms with E-state index in [9.17, 15) is 68.4 Å². The minimum atomic E-state index is -1.74. The molecule has 14 atom stereocenters. The van der Waals surface area contributed by atoms with Gasteiger partial charge in [-0.15, -0.1) is 11.8 Å². The van der Waals surface area contributed by atoms with Crippen molar-refractivity contribution in [2.45, 2.75) is 250 Å². The highest BCUT2D eigenvalue weighted by molar-refractivity contribution is 8.00. The van der Waals surface area contributed by atoms with E-state index in [1.165, 1.54) is 62.1 Å². The quantitative estimate of drug-likeness (QED) is 0.0276. The van der Waals surface area contributed by atoms with Gasteiger partial charge in [0, 0.05) is 125 Å². The van der Waals surface area contributed by atoms with Crippen LogP contribution in [-0.2, 0) is 101 Å². The SMILES string of the molecule is CCCC[C@H]1C(=O)N(C)[C@@H](CCCC)C(=O)N[C@@H](CC(C)C)C(=O)N[C@H](C(=O)NCC(=O)NCCCN(CCO)CCO)CSCC(=O)N[C@@H](Cc2ccc(O)cc2)C(=O)N(C)[C@@H](C)C(=O)N[C@@H](CC(N)=O)C(=O)N2CCC[C@H]2C(=O)N[C@@H](CC)C(=O)N[C@@H](CC(C)C)C(=O)N2C[C@H](O)C[C@H]2C(=O)C[C@@H](Cc2c[nH]c3ccccc23)C(=O)NCC(=O)NC(Cc2c[nH]c3ccccc23)C(=O)N1C. The number of likely N-dealkylation sites (N-methyl/N-ethyl adjacent to an activating group) is 3. The minimum Gasteiger partial charge on any atom is -0.508 e. The first-order chi connectivity index (χ1) is 65.3. The number of para-hydroxylation sites is 2. The molecule has 0 radical (unpaired) electrons. The lowest BCUT2D eigenvalue weighted by Gasteiger charge is -2.36. The molecule has 5 heterocycles. The number of carbonyl (C=O) groups is 17. The van der Waals surface area contributed by atoms with Gasteiger partial charge in [0.05, 0.1) is 50.6 Å². The van der Waals surface area contributed by atoms with Gasteiger partial charge < -0.3 is 114 Å². The van der Waals surface area contributed by atoms with Gasteiger partial charge >= 0.3 is 0 Å². The van der Waals surface area contributed by atoms with Crippen molar-refractivity contribution in [1.29, 1.82) is 0 Å². The summed E-state index contributed by atoms with van der Waals surface area (Å²) in [6.07, 6.45) is 2.52. The van der Waals surface area contributed by atoms with Gasteiger partial charge in [0.1, 0.15) is 72.2 Å². The molecule has 0 bridgehead atoms. The summed E-state index contributed by atoms with van der Waals surface area (Å²) in [6.45, 7) is 12.7. The standard InChI is InChI=1S/C96H141N19O21S/c1-12-15-27-76-90(130)106-70(41-56(4)5)89(129)109-75(87(127)102-51-82(122)98-34-22-35-113(37-39-116)38-40-117)54-137-55-84(124)104-72(43-59-30-32-63(118)33-31-59)92(132)110(9)58(8)85(125)107-74(48-81(97)121)94(134)114-36-21-29-77(114)91(131)105-67(14-3)88(128)108-71(42-57(6)7)95(135)115-53-64(119)47-79(115)80(120)46-60(44-61-49-99-68-25-19-17-23-65(61)68)86(126)101-52-83(123)103-73(45-62-50-100-69-26-20-18-24-66(62)69)93(133)112(11)78(28-16-13-2)96(136)111(76)10/h17-20,23-26,30-33,49-50,56-58,60,64,67,70-79,99-100,116-119H,12-16,21-22,27-29,34-48,51-55H2,1-11H3,(H2,97,121)(H,98,122)(H,101,126)(H,102,127)(H,103,123)(H,104,124)(H,105,131)(H,106,130)(H,107,125)(H,108,128)(H,109,129)/t58-,60+,64+,67-,70-,71-,72-,73?,74-,75-,76-,77-,78-,79-/m0/s1. The van der Waals surface area contributed by atoms with E-state index in [2.05, 4.69) is 63.1 Å². The number of primary amides is 1. The van der Waals surface area contributed by atoms with E-state index in [0.717, 1.165) is 26.5 Å². The zero-order valence-corrected chi connectivity index (χ0v) is 81.2. The molecule has 2 aromatic heterocycles. The van der Waals surface area contributed by atoms with Gasteiger partial charge in [-0.1, -0.05) is 123 Å². The van der Waals surface area contributed by atoms with Crippen molar-refractivity contribution in [3.63, 3.8) is 0 Å². The van der Waals surface area contributed by atoms with Gasteiger partial charge in [0.25, 0.3) is 0 Å². The molecule has 3 aromatic carbocycles. The highest BCUT2D eigenvalue weighted by Gasteiger charge is 2.46. The smallest absolute Gasteiger partial charge is 0.246 e. The van der Waals surface area contributed by atoms with Crippen molar-refractivity contribution >= 4 is 134 Å². The average molecular weight is 1930 g/mol. The van der Waals surface area contributed by atoms with Gasteiger partial charge in [0.2, 0.25) is 94.5 Å². The highest BCUT2D eigenvalue weighted by Crippen LogP contribution is 2.30. The molecular formula is C96H141N19O21S. The number of Topliss-reactive ketones (excluding diaryl/α,β-unsaturated/α-hetero) is 1. The number of ketones is 1. The van der Waals surface area contributed by atoms with Crippen LogP contribution in [-0.4, -0.2) is 337 Å². The Morgan fingerprint density at radius 3 is 1.73 bits per heavy atom. The fraction of sp³-hybridized carbons (Fsp3) is 0.594. The van der Waals surface area contributed by atoms with Crippen LogP contribution in [0.5, 0.6) is 5.75 Å². The summed E-state index contributed by atoms with van der Waals surface area (Å²) in [6, 6.07) is 3.01. The second-order valence-electron chi connectivity index (χ2n) is 36.6. The van der Waals surface area contributed by atoms with E-state index in [0.29, 0.717) is 77.1 Å². The number of phenolic OH excluding ortho intramolecular Hbond substituents is 1. The maximum absolute atomic E-state index is 15.7. The van der Waals surface area contributed by atoms with Crippen LogP contribution in [0, 0.1) is 17.8 Å². The minimum absolute atomic E-state index is 0.00491. The first kappa shape index (κ1) is 110. The molecule has 0 spiro atoms. The van der Waals surface area contributed by atoms with Crippen LogP contribution >= 0.6 is 11.8 Å². The molecule has 16 amide bonds. The van der Waals surface area contributed by atoms with Crippen LogP contribution in [0.4, 0.5) is 0 Å². The number of H-pyrrole nitrogens is 2. The fourth-order valence-corrected chi connectivity index (χ4v) is 18.4. The molecule has 41 heteroatoms. The van der Waals surface area contributed by atoms with Gasteiger partial charge in [-0.25, -0.2) is 0 Å². The van der Waals surface area contributed by atoms with Gasteiger partial charge in [-0.05, 0) is 124 Å². The molecular weight excluding hydrogens is 1790 g/mol. The molecule has 137 heavy (non-hydrogen) atoms. The number of unbranched alkanes of at least 4 members (excludes halogenated alkanes) is 2. The van der Waals surface area contributed by atoms with Crippen molar-refractivity contribution in [2.24, 2.45) is 23.5 Å². The third-order valence-electron chi connectivity index (χ3n) is 25.2. The van der Waals surface area contributed by atoms with Crippen LogP contribution < -0.4 is 58.9 Å². The topological polar surface area (TPSA) is 568 Å². The molecule has 3 aliphatic rings. The van der Waals surface area contributed by atoms with E-state index in [1.54, 1.807) is 64.0 Å². The van der Waals surface area contributed by atoms with Gasteiger partial charge in [0.15, 0.2) is 5.78 Å². The van der Waals surface area contributed by atoms with Crippen molar-refractivity contribution in [1.82, 2.24) is 92.5 Å². The maximum Gasteiger partial charge on any atom is 0.246 e. The number of fused-ring (bicyclic) bond motifs is 4. The number of nitrogens with one attached hydrogen (secondary N) is 12. The van der Waals surface area contributed by atoms with Crippen LogP contribution in [0.25, 0.3) is 21.8 Å². The first-order valence-electron chi connectivity index (χ1n) is 47.5. The Kier molecular flexibility index (Phi) is 43.6. The molecule has 5 aromatic rings. The number of aliphatic hydroxyl groups is 3. The molecule has 0 aliphatic carbocycles. The van der Waals surface area contributed by atoms with Crippen molar-refractivity contribution in [3.05, 3.63) is 102 Å². The summed E-state index contributed by atoms with van der Waals surface area (Å²) in [7, 11) is 4.06. The number of rotatable bonds is 30. The average Bonchev–Trinajstić information content (AvgIpc) is 1.49. The van der Waals surface area contributed by atoms with Crippen LogP contribution in [0.2, 0.25) is 0 Å². The Balaban J connectivity index is 1.16. The normalized spacial score (nSPS) is 24.2. The second kappa shape index (κ2) is 54.2. The Morgan fingerprint density at radius 1 is 0.562 bits per heavy atom. The zero-order valence-electron chi connectivity index (χ0n) is 80.4. The number of thioether (sulfide) groups is 1. The number of carbonyl (C=O) groups excluding carboxylic acids is 17. The van der Waals surface area contributed by atoms with E-state index >= 15 is 33.6 Å². The first-order valence-corrected chi connectivity index (χ1v) is 48.7. The van der Waals surface area contributed by atoms with Crippen molar-refractivity contribution < 1.29 is 102 Å². The number of hydrogen-bond acceptors (Lipinski definition) is 23. The summed E-state index contributed by atoms with van der Waals surface area (Å²) in [4.78, 5) is 265. The number of nitrogens with two attached hydrogens (primary N) is 1. The summed E-state index contributed by atoms with van der Waals surface area (Å²) in [5.74, 6) is -16.9. The van der Waals surface area contributed by atoms with E-state index in [-0.39, 0.29) is 134 Å². The molecule has 3 fully saturated rings. The predicted octanol–water partition coefficient (Wildman–Crippen LogP) is 0.335. The lowest BCUT2D eigenvalue weighted by molar-refractivity contribution is -0.149. The van der Waals surface area contributed by atoms with Crippen molar-refractivity contribution in [2.75, 3.05) is 98.2 Å².